The number of hydrogen-bond donors (Lipinski definition) is 1. The second kappa shape index (κ2) is 9.13. The Bertz CT molecular complexity index is 1540. The van der Waals surface area contributed by atoms with Crippen molar-refractivity contribution in [3.05, 3.63) is 88.5 Å². The number of ketones is 1. The van der Waals surface area contributed by atoms with Crippen LogP contribution in [0.5, 0.6) is 11.5 Å². The van der Waals surface area contributed by atoms with Gasteiger partial charge >= 0.3 is 5.91 Å². The second-order valence-corrected chi connectivity index (χ2v) is 9.63. The van der Waals surface area contributed by atoms with Crippen molar-refractivity contribution in [3.8, 4) is 11.5 Å². The number of carbonyl (C=O) groups is 2. The maximum atomic E-state index is 13.5. The van der Waals surface area contributed by atoms with E-state index in [9.17, 15) is 14.7 Å². The second-order valence-electron chi connectivity index (χ2n) is 8.62. The first-order chi connectivity index (χ1) is 17.3. The van der Waals surface area contributed by atoms with Gasteiger partial charge in [-0.15, -0.1) is 0 Å². The minimum atomic E-state index is -0.909. The third-order valence-corrected chi connectivity index (χ3v) is 7.25. The molecule has 1 amide bonds. The summed E-state index contributed by atoms with van der Waals surface area (Å²) in [7, 11) is 3.05. The lowest BCUT2D eigenvalue weighted by Gasteiger charge is -2.23. The highest BCUT2D eigenvalue weighted by molar-refractivity contribution is 7.22. The van der Waals surface area contributed by atoms with Gasteiger partial charge in [-0.1, -0.05) is 53.3 Å². The predicted molar refractivity (Wildman–Crippen MR) is 140 cm³/mol. The van der Waals surface area contributed by atoms with Crippen LogP contribution in [0.3, 0.4) is 0 Å². The Hall–Kier alpha value is -4.17. The smallest absolute Gasteiger partial charge is 0.301 e. The van der Waals surface area contributed by atoms with Crippen LogP contribution in [-0.4, -0.2) is 36.0 Å². The maximum absolute atomic E-state index is 13.5. The zero-order valence-electron chi connectivity index (χ0n) is 20.2. The molecule has 1 atom stereocenters. The highest BCUT2D eigenvalue weighted by Gasteiger charge is 2.48. The van der Waals surface area contributed by atoms with Crippen LogP contribution < -0.4 is 14.4 Å². The SMILES string of the molecule is COc1ccc([C@H]2C(=C(O)c3ccc(C)cc3)C(=O)C(=O)N2c2nc3ccc(C)cc3s2)cc1OC. The van der Waals surface area contributed by atoms with Crippen LogP contribution in [0.2, 0.25) is 0 Å². The van der Waals surface area contributed by atoms with Crippen molar-refractivity contribution in [1.29, 1.82) is 0 Å². The lowest BCUT2D eigenvalue weighted by molar-refractivity contribution is -0.132. The van der Waals surface area contributed by atoms with Crippen LogP contribution >= 0.6 is 11.3 Å². The molecule has 8 heteroatoms. The fraction of sp³-hybridized carbons (Fsp3) is 0.179. The minimum absolute atomic E-state index is 0.00786. The van der Waals surface area contributed by atoms with E-state index in [1.807, 2.05) is 44.2 Å². The number of benzene rings is 3. The Labute approximate surface area is 212 Å². The third kappa shape index (κ3) is 3.89. The van der Waals surface area contributed by atoms with E-state index < -0.39 is 17.7 Å². The Morgan fingerprint density at radius 2 is 1.61 bits per heavy atom. The summed E-state index contributed by atoms with van der Waals surface area (Å²) in [5, 5.41) is 11.7. The summed E-state index contributed by atoms with van der Waals surface area (Å²) in [6.45, 7) is 3.91. The van der Waals surface area contributed by atoms with Crippen molar-refractivity contribution in [2.75, 3.05) is 19.1 Å². The molecule has 182 valence electrons. The fourth-order valence-electron chi connectivity index (χ4n) is 4.36. The number of anilines is 1. The molecular formula is C28H24N2O5S. The molecule has 1 aliphatic rings. The molecule has 1 aromatic heterocycles. The van der Waals surface area contributed by atoms with Gasteiger partial charge in [0, 0.05) is 5.56 Å². The van der Waals surface area contributed by atoms with E-state index in [1.165, 1.54) is 30.5 Å². The van der Waals surface area contributed by atoms with Crippen molar-refractivity contribution >= 4 is 44.1 Å². The highest BCUT2D eigenvalue weighted by Crippen LogP contribution is 2.45. The number of thiazole rings is 1. The number of aliphatic hydroxyl groups excluding tert-OH is 1. The topological polar surface area (TPSA) is 89.0 Å². The van der Waals surface area contributed by atoms with Gasteiger partial charge < -0.3 is 14.6 Å². The van der Waals surface area contributed by atoms with Crippen LogP contribution in [0.1, 0.15) is 28.3 Å². The first kappa shape index (κ1) is 23.6. The van der Waals surface area contributed by atoms with Crippen LogP contribution in [-0.2, 0) is 9.59 Å². The average molecular weight is 501 g/mol. The number of fused-ring (bicyclic) bond motifs is 1. The standard InChI is InChI=1S/C28H24N2O5S/c1-15-5-8-17(9-6-15)25(31)23-24(18-10-12-20(34-3)21(14-18)35-4)30(27(33)26(23)32)28-29-19-11-7-16(2)13-22(19)36-28/h5-14,24,31H,1-4H3/t24-/m0/s1. The first-order valence-electron chi connectivity index (χ1n) is 11.3. The summed E-state index contributed by atoms with van der Waals surface area (Å²) in [6.07, 6.45) is 0. The zero-order valence-corrected chi connectivity index (χ0v) is 21.1. The van der Waals surface area contributed by atoms with Gasteiger partial charge in [0.05, 0.1) is 36.1 Å². The molecule has 1 fully saturated rings. The molecule has 1 N–H and O–H groups in total. The van der Waals surface area contributed by atoms with E-state index in [1.54, 1.807) is 30.3 Å². The summed E-state index contributed by atoms with van der Waals surface area (Å²) >= 11 is 1.32. The molecule has 0 saturated carbocycles. The fourth-order valence-corrected chi connectivity index (χ4v) is 5.45. The van der Waals surface area contributed by atoms with Crippen molar-refractivity contribution in [2.24, 2.45) is 0 Å². The zero-order chi connectivity index (χ0) is 25.6. The van der Waals surface area contributed by atoms with Crippen molar-refractivity contribution in [3.63, 3.8) is 0 Å². The predicted octanol–water partition coefficient (Wildman–Crippen LogP) is 5.56. The molecule has 0 bridgehead atoms. The van der Waals surface area contributed by atoms with Gasteiger partial charge in [0.15, 0.2) is 16.6 Å². The first-order valence-corrected chi connectivity index (χ1v) is 12.1. The summed E-state index contributed by atoms with van der Waals surface area (Å²) in [4.78, 5) is 32.9. The van der Waals surface area contributed by atoms with Crippen LogP contribution in [0.4, 0.5) is 5.13 Å². The molecule has 4 aromatic rings. The van der Waals surface area contributed by atoms with Gasteiger partial charge in [0.2, 0.25) is 0 Å². The Balaban J connectivity index is 1.75. The molecule has 1 aliphatic heterocycles. The van der Waals surface area contributed by atoms with E-state index in [0.29, 0.717) is 27.8 Å². The molecule has 0 radical (unpaired) electrons. The Morgan fingerprint density at radius 3 is 2.31 bits per heavy atom. The van der Waals surface area contributed by atoms with E-state index in [2.05, 4.69) is 4.98 Å². The summed E-state index contributed by atoms with van der Waals surface area (Å²) in [6, 6.07) is 17.2. The van der Waals surface area contributed by atoms with Crippen LogP contribution in [0.15, 0.2) is 66.2 Å². The summed E-state index contributed by atoms with van der Waals surface area (Å²) < 4.78 is 11.7. The largest absolute Gasteiger partial charge is 0.507 e. The normalized spacial score (nSPS) is 17.1. The third-order valence-electron chi connectivity index (χ3n) is 6.23. The number of nitrogens with zero attached hydrogens (tertiary/aromatic N) is 2. The number of aryl methyl sites for hydroxylation is 2. The average Bonchev–Trinajstić information content (AvgIpc) is 3.41. The monoisotopic (exact) mass is 500 g/mol. The number of carbonyl (C=O) groups excluding carboxylic acids is 2. The molecule has 2 heterocycles. The van der Waals surface area contributed by atoms with E-state index in [-0.39, 0.29) is 11.3 Å². The quantitative estimate of drug-likeness (QED) is 0.219. The molecule has 3 aromatic carbocycles. The molecule has 36 heavy (non-hydrogen) atoms. The van der Waals surface area contributed by atoms with E-state index in [0.717, 1.165) is 21.3 Å². The molecule has 0 spiro atoms. The lowest BCUT2D eigenvalue weighted by atomic mass is 9.95. The van der Waals surface area contributed by atoms with Crippen LogP contribution in [0, 0.1) is 13.8 Å². The number of methoxy groups -OCH3 is 2. The number of Topliss-reactive ketones (excluding diaryl/α,β-unsaturated/α-hetero) is 1. The molecule has 5 rings (SSSR count). The van der Waals surface area contributed by atoms with Crippen molar-refractivity contribution in [1.82, 2.24) is 4.98 Å². The summed E-state index contributed by atoms with van der Waals surface area (Å²) in [5.41, 5.74) is 3.82. The van der Waals surface area contributed by atoms with E-state index in [4.69, 9.17) is 9.47 Å². The van der Waals surface area contributed by atoms with Gasteiger partial charge in [-0.25, -0.2) is 4.98 Å². The van der Waals surface area contributed by atoms with Crippen LogP contribution in [0.25, 0.3) is 16.0 Å². The molecular weight excluding hydrogens is 476 g/mol. The number of ether oxygens (including phenoxy) is 2. The van der Waals surface area contributed by atoms with Gasteiger partial charge in [0.25, 0.3) is 5.78 Å². The van der Waals surface area contributed by atoms with Gasteiger partial charge in [0.1, 0.15) is 5.76 Å². The Kier molecular flexibility index (Phi) is 5.97. The number of hydrogen-bond acceptors (Lipinski definition) is 7. The number of aliphatic hydroxyl groups is 1. The number of rotatable bonds is 5. The molecule has 0 aliphatic carbocycles. The van der Waals surface area contributed by atoms with Crippen molar-refractivity contribution < 1.29 is 24.2 Å². The van der Waals surface area contributed by atoms with Crippen molar-refractivity contribution in [2.45, 2.75) is 19.9 Å². The number of aromatic nitrogens is 1. The van der Waals surface area contributed by atoms with Gasteiger partial charge in [-0.3, -0.25) is 14.5 Å². The summed E-state index contributed by atoms with van der Waals surface area (Å²) in [5.74, 6) is -0.821. The molecule has 0 unspecified atom stereocenters. The van der Waals surface area contributed by atoms with Gasteiger partial charge in [-0.2, -0.15) is 0 Å². The van der Waals surface area contributed by atoms with E-state index >= 15 is 0 Å². The maximum Gasteiger partial charge on any atom is 0.301 e. The molecule has 7 nitrogen and oxygen atoms in total. The Morgan fingerprint density at radius 1 is 0.917 bits per heavy atom. The highest BCUT2D eigenvalue weighted by atomic mass is 32.1. The minimum Gasteiger partial charge on any atom is -0.507 e. The van der Waals surface area contributed by atoms with Gasteiger partial charge in [-0.05, 0) is 49.2 Å². The lowest BCUT2D eigenvalue weighted by Crippen LogP contribution is -2.29. The molecule has 1 saturated heterocycles. The number of amides is 1.